The van der Waals surface area contributed by atoms with Gasteiger partial charge in [0.1, 0.15) is 5.76 Å². The maximum Gasteiger partial charge on any atom is 0.289 e. The highest BCUT2D eigenvalue weighted by atomic mass is 16.4. The van der Waals surface area contributed by atoms with Crippen molar-refractivity contribution in [2.45, 2.75) is 13.0 Å². The highest BCUT2D eigenvalue weighted by molar-refractivity contribution is 5.91. The van der Waals surface area contributed by atoms with Crippen LogP contribution in [0, 0.1) is 0 Å². The number of hydrogen-bond acceptors (Lipinski definition) is 4. The van der Waals surface area contributed by atoms with Gasteiger partial charge in [0.05, 0.1) is 6.04 Å². The summed E-state index contributed by atoms with van der Waals surface area (Å²) in [6.45, 7) is 5.16. The molecule has 94 valence electrons. The van der Waals surface area contributed by atoms with Gasteiger partial charge in [0.2, 0.25) is 0 Å². The molecule has 0 radical (unpaired) electrons. The molecule has 1 aliphatic heterocycles. The second-order valence-corrected chi connectivity index (χ2v) is 4.59. The van der Waals surface area contributed by atoms with Crippen molar-refractivity contribution in [1.82, 2.24) is 9.80 Å². The Bertz CT molecular complexity index is 392. The van der Waals surface area contributed by atoms with Gasteiger partial charge in [-0.15, -0.1) is 0 Å². The van der Waals surface area contributed by atoms with E-state index in [9.17, 15) is 4.79 Å². The van der Waals surface area contributed by atoms with Crippen LogP contribution in [0.2, 0.25) is 0 Å². The summed E-state index contributed by atoms with van der Waals surface area (Å²) in [5, 5.41) is 0. The van der Waals surface area contributed by atoms with Crippen molar-refractivity contribution in [2.75, 3.05) is 33.2 Å². The highest BCUT2D eigenvalue weighted by Crippen LogP contribution is 2.16. The zero-order chi connectivity index (χ0) is 12.4. The van der Waals surface area contributed by atoms with Crippen LogP contribution in [0.5, 0.6) is 0 Å². The SMILES string of the molecule is CC(N)c1ccc(C(=O)N2CCN(C)CC2)o1. The Labute approximate surface area is 101 Å². The van der Waals surface area contributed by atoms with Crippen LogP contribution in [0.15, 0.2) is 16.5 Å². The first-order valence-corrected chi connectivity index (χ1v) is 5.91. The molecule has 1 aliphatic rings. The predicted octanol–water partition coefficient (Wildman–Crippen LogP) is 0.687. The van der Waals surface area contributed by atoms with Crippen LogP contribution in [0.25, 0.3) is 0 Å². The Morgan fingerprint density at radius 1 is 1.35 bits per heavy atom. The minimum Gasteiger partial charge on any atom is -0.454 e. The number of furan rings is 1. The van der Waals surface area contributed by atoms with Crippen molar-refractivity contribution in [2.24, 2.45) is 5.73 Å². The largest absolute Gasteiger partial charge is 0.454 e. The van der Waals surface area contributed by atoms with Crippen molar-refractivity contribution in [3.8, 4) is 0 Å². The van der Waals surface area contributed by atoms with Gasteiger partial charge in [-0.25, -0.2) is 0 Å². The lowest BCUT2D eigenvalue weighted by Crippen LogP contribution is -2.47. The average molecular weight is 237 g/mol. The van der Waals surface area contributed by atoms with Gasteiger partial charge in [-0.3, -0.25) is 4.79 Å². The Kier molecular flexibility index (Phi) is 3.49. The van der Waals surface area contributed by atoms with Crippen molar-refractivity contribution in [1.29, 1.82) is 0 Å². The van der Waals surface area contributed by atoms with Gasteiger partial charge < -0.3 is 20.0 Å². The molecule has 1 aromatic heterocycles. The number of likely N-dealkylation sites (N-methyl/N-ethyl adjacent to an activating group) is 1. The fraction of sp³-hybridized carbons (Fsp3) is 0.583. The fourth-order valence-corrected chi connectivity index (χ4v) is 1.88. The molecule has 5 heteroatoms. The first-order chi connectivity index (χ1) is 8.08. The molecule has 0 spiro atoms. The summed E-state index contributed by atoms with van der Waals surface area (Å²) in [4.78, 5) is 16.1. The summed E-state index contributed by atoms with van der Waals surface area (Å²) in [5.41, 5.74) is 5.70. The van der Waals surface area contributed by atoms with Gasteiger partial charge in [-0.2, -0.15) is 0 Å². The van der Waals surface area contributed by atoms with Crippen LogP contribution in [0.4, 0.5) is 0 Å². The first kappa shape index (κ1) is 12.1. The normalized spacial score (nSPS) is 19.4. The molecule has 0 aliphatic carbocycles. The van der Waals surface area contributed by atoms with Crippen molar-refractivity contribution < 1.29 is 9.21 Å². The van der Waals surface area contributed by atoms with Crippen LogP contribution >= 0.6 is 0 Å². The van der Waals surface area contributed by atoms with Crippen LogP contribution in [0.3, 0.4) is 0 Å². The molecular weight excluding hydrogens is 218 g/mol. The third-order valence-electron chi connectivity index (χ3n) is 3.08. The van der Waals surface area contributed by atoms with Crippen molar-refractivity contribution in [3.63, 3.8) is 0 Å². The van der Waals surface area contributed by atoms with E-state index >= 15 is 0 Å². The molecule has 2 N–H and O–H groups in total. The Morgan fingerprint density at radius 2 is 2.00 bits per heavy atom. The lowest BCUT2D eigenvalue weighted by atomic mass is 10.3. The summed E-state index contributed by atoms with van der Waals surface area (Å²) < 4.78 is 5.46. The molecule has 1 saturated heterocycles. The van der Waals surface area contributed by atoms with Crippen LogP contribution in [0.1, 0.15) is 29.3 Å². The summed E-state index contributed by atoms with van der Waals surface area (Å²) in [5.74, 6) is 1.01. The van der Waals surface area contributed by atoms with Gasteiger partial charge >= 0.3 is 0 Å². The molecule has 0 aromatic carbocycles. The molecule has 1 amide bonds. The summed E-state index contributed by atoms with van der Waals surface area (Å²) in [6, 6.07) is 3.30. The summed E-state index contributed by atoms with van der Waals surface area (Å²) in [6.07, 6.45) is 0. The van der Waals surface area contributed by atoms with E-state index in [1.54, 1.807) is 12.1 Å². The zero-order valence-electron chi connectivity index (χ0n) is 10.3. The molecule has 2 rings (SSSR count). The number of nitrogens with zero attached hydrogens (tertiary/aromatic N) is 2. The lowest BCUT2D eigenvalue weighted by molar-refractivity contribution is 0.0630. The first-order valence-electron chi connectivity index (χ1n) is 5.91. The molecule has 5 nitrogen and oxygen atoms in total. The molecule has 2 heterocycles. The van der Waals surface area contributed by atoms with E-state index in [0.717, 1.165) is 26.2 Å². The standard InChI is InChI=1S/C12H19N3O2/c1-9(13)10-3-4-11(17-10)12(16)15-7-5-14(2)6-8-15/h3-4,9H,5-8,13H2,1-2H3. The van der Waals surface area contributed by atoms with E-state index in [4.69, 9.17) is 10.2 Å². The quantitative estimate of drug-likeness (QED) is 0.822. The fourth-order valence-electron chi connectivity index (χ4n) is 1.88. The molecule has 1 aromatic rings. The molecule has 1 fully saturated rings. The van der Waals surface area contributed by atoms with Gasteiger partial charge in [-0.05, 0) is 26.1 Å². The van der Waals surface area contributed by atoms with E-state index in [2.05, 4.69) is 11.9 Å². The minimum atomic E-state index is -0.177. The van der Waals surface area contributed by atoms with Crippen LogP contribution < -0.4 is 5.73 Å². The van der Waals surface area contributed by atoms with E-state index in [1.807, 2.05) is 11.8 Å². The number of rotatable bonds is 2. The molecule has 0 bridgehead atoms. The molecule has 1 atom stereocenters. The molecular formula is C12H19N3O2. The van der Waals surface area contributed by atoms with Crippen LogP contribution in [-0.2, 0) is 0 Å². The van der Waals surface area contributed by atoms with Gasteiger partial charge in [0.15, 0.2) is 5.76 Å². The topological polar surface area (TPSA) is 62.7 Å². The van der Waals surface area contributed by atoms with Gasteiger partial charge in [0.25, 0.3) is 5.91 Å². The average Bonchev–Trinajstić information content (AvgIpc) is 2.78. The zero-order valence-corrected chi connectivity index (χ0v) is 10.3. The second-order valence-electron chi connectivity index (χ2n) is 4.59. The minimum absolute atomic E-state index is 0.0370. The summed E-state index contributed by atoms with van der Waals surface area (Å²) in [7, 11) is 2.06. The van der Waals surface area contributed by atoms with E-state index in [1.165, 1.54) is 0 Å². The van der Waals surface area contributed by atoms with E-state index in [-0.39, 0.29) is 11.9 Å². The van der Waals surface area contributed by atoms with Crippen molar-refractivity contribution in [3.05, 3.63) is 23.7 Å². The number of carbonyl (C=O) groups excluding carboxylic acids is 1. The number of hydrogen-bond donors (Lipinski definition) is 1. The number of carbonyl (C=O) groups is 1. The highest BCUT2D eigenvalue weighted by Gasteiger charge is 2.23. The molecule has 17 heavy (non-hydrogen) atoms. The third kappa shape index (κ3) is 2.68. The number of amides is 1. The Hall–Kier alpha value is -1.33. The molecule has 1 unspecified atom stereocenters. The number of nitrogens with two attached hydrogens (primary N) is 1. The van der Waals surface area contributed by atoms with Crippen LogP contribution in [-0.4, -0.2) is 48.9 Å². The monoisotopic (exact) mass is 237 g/mol. The maximum atomic E-state index is 12.1. The maximum absolute atomic E-state index is 12.1. The van der Waals surface area contributed by atoms with E-state index < -0.39 is 0 Å². The van der Waals surface area contributed by atoms with Gasteiger partial charge in [-0.1, -0.05) is 0 Å². The van der Waals surface area contributed by atoms with Gasteiger partial charge in [0, 0.05) is 26.2 Å². The Balaban J connectivity index is 2.03. The second kappa shape index (κ2) is 4.89. The number of piperazine rings is 1. The van der Waals surface area contributed by atoms with E-state index in [0.29, 0.717) is 11.5 Å². The van der Waals surface area contributed by atoms with Crippen molar-refractivity contribution >= 4 is 5.91 Å². The third-order valence-corrected chi connectivity index (χ3v) is 3.08. The lowest BCUT2D eigenvalue weighted by Gasteiger charge is -2.31. The molecule has 0 saturated carbocycles. The predicted molar refractivity (Wildman–Crippen MR) is 64.7 cm³/mol. The summed E-state index contributed by atoms with van der Waals surface area (Å²) >= 11 is 0. The Morgan fingerprint density at radius 3 is 2.53 bits per heavy atom. The smallest absolute Gasteiger partial charge is 0.289 e.